The van der Waals surface area contributed by atoms with Crippen LogP contribution in [0.2, 0.25) is 0 Å². The molecule has 1 N–H and O–H groups in total. The smallest absolute Gasteiger partial charge is 0.496 e. The molecule has 0 amide bonds. The number of benzene rings is 2. The zero-order valence-electron chi connectivity index (χ0n) is 17.8. The van der Waals surface area contributed by atoms with Crippen molar-refractivity contribution in [3.63, 3.8) is 0 Å². The van der Waals surface area contributed by atoms with E-state index in [1.807, 2.05) is 13.8 Å². The van der Waals surface area contributed by atoms with Crippen molar-refractivity contribution < 1.29 is 37.1 Å². The number of fused-ring (bicyclic) bond motifs is 1. The number of rotatable bonds is 7. The van der Waals surface area contributed by atoms with Crippen molar-refractivity contribution in [3.8, 4) is 28.8 Å². The Morgan fingerprint density at radius 3 is 2.44 bits per heavy atom. The quantitative estimate of drug-likeness (QED) is 0.284. The van der Waals surface area contributed by atoms with E-state index < -0.39 is 8.25 Å². The molecule has 0 aliphatic carbocycles. The summed E-state index contributed by atoms with van der Waals surface area (Å²) in [7, 11) is -0.0696. The number of ketones is 1. The van der Waals surface area contributed by atoms with Gasteiger partial charge in [0, 0.05) is 15.5 Å². The average Bonchev–Trinajstić information content (AvgIpc) is 3.42. The molecule has 2 heterocycles. The molecular weight excluding hydrogens is 435 g/mol. The summed E-state index contributed by atoms with van der Waals surface area (Å²) in [4.78, 5) is 23.1. The second kappa shape index (κ2) is 8.49. The third-order valence-electron chi connectivity index (χ3n) is 5.24. The minimum absolute atomic E-state index is 0.0851. The van der Waals surface area contributed by atoms with Gasteiger partial charge in [0.25, 0.3) is 5.75 Å². The summed E-state index contributed by atoms with van der Waals surface area (Å²) >= 11 is 0. The van der Waals surface area contributed by atoms with E-state index >= 15 is 0 Å². The van der Waals surface area contributed by atoms with Gasteiger partial charge >= 0.3 is 8.25 Å². The van der Waals surface area contributed by atoms with Gasteiger partial charge in [-0.25, -0.2) is 4.52 Å². The minimum Gasteiger partial charge on any atom is -0.496 e. The highest BCUT2D eigenvalue weighted by atomic mass is 31.1. The van der Waals surface area contributed by atoms with Crippen LogP contribution in [0.25, 0.3) is 22.5 Å². The van der Waals surface area contributed by atoms with Gasteiger partial charge < -0.3 is 18.3 Å². The normalized spacial score (nSPS) is 11.5. The summed E-state index contributed by atoms with van der Waals surface area (Å²) in [5.74, 6) is 0.835. The molecule has 2 aromatic heterocycles. The van der Waals surface area contributed by atoms with E-state index in [1.165, 1.54) is 19.4 Å². The molecule has 9 heteroatoms. The highest BCUT2D eigenvalue weighted by Crippen LogP contribution is 2.45. The van der Waals surface area contributed by atoms with Crippen LogP contribution in [0.3, 0.4) is 0 Å². The number of ether oxygens (including phenoxy) is 2. The van der Waals surface area contributed by atoms with E-state index in [4.69, 9.17) is 22.8 Å². The molecule has 0 saturated heterocycles. The monoisotopic (exact) mass is 455 g/mol. The van der Waals surface area contributed by atoms with Crippen molar-refractivity contribution in [1.82, 2.24) is 0 Å². The lowest BCUT2D eigenvalue weighted by Crippen LogP contribution is -2.04. The van der Waals surface area contributed by atoms with Gasteiger partial charge in [-0.3, -0.25) is 4.79 Å². The van der Waals surface area contributed by atoms with Crippen LogP contribution in [-0.2, 0) is 4.57 Å². The molecule has 4 rings (SSSR count). The van der Waals surface area contributed by atoms with Crippen molar-refractivity contribution in [3.05, 3.63) is 64.9 Å². The Labute approximate surface area is 184 Å². The maximum atomic E-state index is 13.7. The van der Waals surface area contributed by atoms with Crippen molar-refractivity contribution in [1.29, 1.82) is 0 Å². The molecule has 0 saturated carbocycles. The Kier molecular flexibility index (Phi) is 5.74. The molecule has 1 atom stereocenters. The summed E-state index contributed by atoms with van der Waals surface area (Å²) in [5.41, 5.74) is 2.53. The highest BCUT2D eigenvalue weighted by Gasteiger charge is 2.31. The fourth-order valence-electron chi connectivity index (χ4n) is 3.56. The molecule has 2 aromatic carbocycles. The van der Waals surface area contributed by atoms with Gasteiger partial charge in [-0.1, -0.05) is 0 Å². The van der Waals surface area contributed by atoms with Crippen molar-refractivity contribution >= 4 is 25.0 Å². The lowest BCUT2D eigenvalue weighted by atomic mass is 9.96. The minimum atomic E-state index is -3.01. The van der Waals surface area contributed by atoms with E-state index in [-0.39, 0.29) is 34.2 Å². The summed E-state index contributed by atoms with van der Waals surface area (Å²) in [5, 5.41) is 0.381. The molecule has 164 valence electrons. The highest BCUT2D eigenvalue weighted by molar-refractivity contribution is 7.32. The van der Waals surface area contributed by atoms with E-state index in [0.29, 0.717) is 22.5 Å². The standard InChI is InChI=1S/C23H19O8P/c1-12-10-14(11-18(28-4)13(12)2)20(24)19-15-7-8-16(27-3)23(31-32(25)26)21(15)30-22(19)17-6-5-9-29-17/h5-11H,1-4H3/p+1. The van der Waals surface area contributed by atoms with Crippen molar-refractivity contribution in [2.45, 2.75) is 13.8 Å². The van der Waals surface area contributed by atoms with Crippen LogP contribution in [0.1, 0.15) is 27.0 Å². The largest absolute Gasteiger partial charge is 0.747 e. The number of hydrogen-bond acceptors (Lipinski definition) is 7. The van der Waals surface area contributed by atoms with Gasteiger partial charge in [0.05, 0.1) is 26.0 Å². The molecule has 0 aliphatic rings. The lowest BCUT2D eigenvalue weighted by Gasteiger charge is -2.10. The molecule has 4 aromatic rings. The SMILES string of the molecule is COc1cc(C(=O)c2c(-c3ccco3)oc3c(O[P+](=O)O)c(OC)ccc23)cc(C)c1C. The fourth-order valence-corrected chi connectivity index (χ4v) is 3.89. The van der Waals surface area contributed by atoms with E-state index in [9.17, 15) is 14.3 Å². The fraction of sp³-hybridized carbons (Fsp3) is 0.174. The molecule has 0 bridgehead atoms. The van der Waals surface area contributed by atoms with Crippen LogP contribution in [0.5, 0.6) is 17.2 Å². The lowest BCUT2D eigenvalue weighted by molar-refractivity contribution is 0.103. The van der Waals surface area contributed by atoms with Crippen molar-refractivity contribution in [2.75, 3.05) is 14.2 Å². The molecule has 1 unspecified atom stereocenters. The predicted octanol–water partition coefficient (Wildman–Crippen LogP) is 5.59. The summed E-state index contributed by atoms with van der Waals surface area (Å²) in [6.45, 7) is 3.81. The van der Waals surface area contributed by atoms with Gasteiger partial charge in [-0.05, 0) is 61.4 Å². The van der Waals surface area contributed by atoms with Gasteiger partial charge in [0.1, 0.15) is 5.75 Å². The topological polar surface area (TPSA) is 108 Å². The number of hydrogen-bond donors (Lipinski definition) is 1. The maximum Gasteiger partial charge on any atom is 0.747 e. The second-order valence-electron chi connectivity index (χ2n) is 7.04. The van der Waals surface area contributed by atoms with Crippen LogP contribution in [-0.4, -0.2) is 24.9 Å². The molecule has 0 fully saturated rings. The first-order valence-corrected chi connectivity index (χ1v) is 10.7. The molecule has 8 nitrogen and oxygen atoms in total. The van der Waals surface area contributed by atoms with Gasteiger partial charge in [0.15, 0.2) is 28.6 Å². The Bertz CT molecular complexity index is 1330. The van der Waals surface area contributed by atoms with Crippen LogP contribution in [0.15, 0.2) is 51.5 Å². The Hall–Kier alpha value is -3.61. The predicted molar refractivity (Wildman–Crippen MR) is 117 cm³/mol. The third kappa shape index (κ3) is 3.64. The maximum absolute atomic E-state index is 13.7. The van der Waals surface area contributed by atoms with Crippen LogP contribution >= 0.6 is 8.25 Å². The molecule has 0 aliphatic heterocycles. The first-order valence-electron chi connectivity index (χ1n) is 9.57. The van der Waals surface area contributed by atoms with Crippen LogP contribution in [0, 0.1) is 13.8 Å². The molecule has 0 radical (unpaired) electrons. The zero-order chi connectivity index (χ0) is 23.0. The van der Waals surface area contributed by atoms with E-state index in [2.05, 4.69) is 0 Å². The van der Waals surface area contributed by atoms with Crippen LogP contribution in [0.4, 0.5) is 0 Å². The molecule has 0 spiro atoms. The first kappa shape index (κ1) is 21.6. The number of carbonyl (C=O) groups excluding carboxylic acids is 1. The second-order valence-corrected chi connectivity index (χ2v) is 7.69. The number of furan rings is 2. The van der Waals surface area contributed by atoms with E-state index in [1.54, 1.807) is 37.4 Å². The van der Waals surface area contributed by atoms with Crippen molar-refractivity contribution in [2.24, 2.45) is 0 Å². The summed E-state index contributed by atoms with van der Waals surface area (Å²) in [6, 6.07) is 9.93. The van der Waals surface area contributed by atoms with Crippen LogP contribution < -0.4 is 14.0 Å². The Morgan fingerprint density at radius 1 is 1.06 bits per heavy atom. The van der Waals surface area contributed by atoms with Gasteiger partial charge in [-0.15, -0.1) is 4.89 Å². The van der Waals surface area contributed by atoms with Gasteiger partial charge in [0.2, 0.25) is 0 Å². The average molecular weight is 455 g/mol. The molecule has 32 heavy (non-hydrogen) atoms. The Morgan fingerprint density at radius 2 is 1.81 bits per heavy atom. The van der Waals surface area contributed by atoms with Gasteiger partial charge in [-0.2, -0.15) is 0 Å². The zero-order valence-corrected chi connectivity index (χ0v) is 18.7. The summed E-state index contributed by atoms with van der Waals surface area (Å²) in [6.07, 6.45) is 1.46. The number of aryl methyl sites for hydroxylation is 1. The Balaban J connectivity index is 2.02. The number of methoxy groups -OCH3 is 2. The molecular formula is C23H20O8P+. The summed E-state index contributed by atoms with van der Waals surface area (Å²) < 4.78 is 38.6. The number of carbonyl (C=O) groups is 1. The first-order chi connectivity index (χ1) is 15.3. The third-order valence-corrected chi connectivity index (χ3v) is 5.58. The van der Waals surface area contributed by atoms with E-state index in [0.717, 1.165) is 11.1 Å².